The molecule has 190 valence electrons. The second-order valence-electron chi connectivity index (χ2n) is 11.6. The van der Waals surface area contributed by atoms with Crippen molar-refractivity contribution in [3.63, 3.8) is 0 Å². The highest BCUT2D eigenvalue weighted by Gasteiger charge is 2.51. The zero-order valence-corrected chi connectivity index (χ0v) is 22.9. The van der Waals surface area contributed by atoms with Gasteiger partial charge in [-0.2, -0.15) is 0 Å². The van der Waals surface area contributed by atoms with Gasteiger partial charge in [-0.15, -0.1) is 0 Å². The maximum atomic E-state index is 6.29. The third kappa shape index (κ3) is 3.96. The van der Waals surface area contributed by atoms with E-state index in [-0.39, 0.29) is 18.3 Å². The molecule has 6 aromatic carbocycles. The molecule has 6 aromatic rings. The summed E-state index contributed by atoms with van der Waals surface area (Å²) in [4.78, 5) is 0. The first-order chi connectivity index (χ1) is 18.8. The Morgan fingerprint density at radius 2 is 1.03 bits per heavy atom. The normalized spacial score (nSPS) is 16.4. The van der Waals surface area contributed by atoms with Crippen molar-refractivity contribution in [2.75, 3.05) is 0 Å². The second kappa shape index (κ2) is 8.81. The maximum Gasteiger partial charge on any atom is 0.494 e. The number of hydrogen-bond acceptors (Lipinski definition) is 2. The van der Waals surface area contributed by atoms with Crippen LogP contribution in [0.5, 0.6) is 0 Å². The molecule has 0 spiro atoms. The number of rotatable bonds is 3. The standard InChI is InChI=1S/C36H31BO2/c1-35(2)36(3,4)39-37(38-35)28-19-18-25-22-27(17-16-26(25)23-28)30-20-21-34(33-14-8-7-13-31(30)33)32-15-9-11-24-10-5-6-12-29(24)32/h5-23H,1-4H3. The molecular weight excluding hydrogens is 475 g/mol. The second-order valence-corrected chi connectivity index (χ2v) is 11.6. The van der Waals surface area contributed by atoms with Crippen molar-refractivity contribution in [1.29, 1.82) is 0 Å². The highest BCUT2D eigenvalue weighted by Crippen LogP contribution is 2.39. The summed E-state index contributed by atoms with van der Waals surface area (Å²) >= 11 is 0. The molecule has 2 nitrogen and oxygen atoms in total. The molecule has 39 heavy (non-hydrogen) atoms. The molecule has 0 unspecified atom stereocenters. The number of hydrogen-bond donors (Lipinski definition) is 0. The molecule has 0 bridgehead atoms. The Morgan fingerprint density at radius 3 is 1.79 bits per heavy atom. The molecular formula is C36H31BO2. The molecule has 0 atom stereocenters. The molecule has 0 aromatic heterocycles. The van der Waals surface area contributed by atoms with E-state index in [9.17, 15) is 0 Å². The van der Waals surface area contributed by atoms with Gasteiger partial charge in [0.1, 0.15) is 0 Å². The Hall–Kier alpha value is -3.92. The van der Waals surface area contributed by atoms with E-state index in [0.717, 1.165) is 5.46 Å². The lowest BCUT2D eigenvalue weighted by Gasteiger charge is -2.32. The molecule has 1 saturated heterocycles. The fraction of sp³-hybridized carbons (Fsp3) is 0.167. The summed E-state index contributed by atoms with van der Waals surface area (Å²) in [6.07, 6.45) is 0. The molecule has 0 aliphatic carbocycles. The molecule has 3 heteroatoms. The molecule has 1 fully saturated rings. The summed E-state index contributed by atoms with van der Waals surface area (Å²) in [7, 11) is -0.357. The Balaban J connectivity index is 1.31. The minimum absolute atomic E-state index is 0.351. The lowest BCUT2D eigenvalue weighted by atomic mass is 9.78. The van der Waals surface area contributed by atoms with Crippen LogP contribution >= 0.6 is 0 Å². The molecule has 0 amide bonds. The maximum absolute atomic E-state index is 6.29. The van der Waals surface area contributed by atoms with Crippen molar-refractivity contribution >= 4 is 44.9 Å². The molecule has 1 aliphatic rings. The topological polar surface area (TPSA) is 18.5 Å². The van der Waals surface area contributed by atoms with E-state index in [1.807, 2.05) is 0 Å². The van der Waals surface area contributed by atoms with Gasteiger partial charge in [0.2, 0.25) is 0 Å². The summed E-state index contributed by atoms with van der Waals surface area (Å²) in [5.41, 5.74) is 5.34. The van der Waals surface area contributed by atoms with Crippen LogP contribution in [0.25, 0.3) is 54.6 Å². The van der Waals surface area contributed by atoms with Crippen LogP contribution in [0.2, 0.25) is 0 Å². The van der Waals surface area contributed by atoms with Crippen LogP contribution in [0, 0.1) is 0 Å². The molecule has 0 radical (unpaired) electrons. The predicted octanol–water partition coefficient (Wildman–Crippen LogP) is 8.78. The molecule has 1 aliphatic heterocycles. The first-order valence-electron chi connectivity index (χ1n) is 13.7. The van der Waals surface area contributed by atoms with E-state index in [0.29, 0.717) is 0 Å². The van der Waals surface area contributed by atoms with Crippen molar-refractivity contribution in [3.8, 4) is 22.3 Å². The van der Waals surface area contributed by atoms with Gasteiger partial charge in [-0.05, 0) is 93.8 Å². The summed E-state index contributed by atoms with van der Waals surface area (Å²) in [6.45, 7) is 8.37. The van der Waals surface area contributed by atoms with E-state index in [4.69, 9.17) is 9.31 Å². The zero-order valence-electron chi connectivity index (χ0n) is 22.9. The van der Waals surface area contributed by atoms with Crippen LogP contribution in [-0.2, 0) is 9.31 Å². The first kappa shape index (κ1) is 24.1. The lowest BCUT2D eigenvalue weighted by Crippen LogP contribution is -2.41. The molecule has 1 heterocycles. The Kier molecular flexibility index (Phi) is 5.45. The van der Waals surface area contributed by atoms with E-state index >= 15 is 0 Å². The first-order valence-corrected chi connectivity index (χ1v) is 13.7. The summed E-state index contributed by atoms with van der Waals surface area (Å²) in [5, 5.41) is 7.45. The van der Waals surface area contributed by atoms with E-state index in [1.165, 1.54) is 54.6 Å². The Morgan fingerprint density at radius 1 is 0.462 bits per heavy atom. The van der Waals surface area contributed by atoms with Crippen LogP contribution in [0.15, 0.2) is 115 Å². The average molecular weight is 506 g/mol. The third-order valence-corrected chi connectivity index (χ3v) is 8.70. The van der Waals surface area contributed by atoms with E-state index in [1.54, 1.807) is 0 Å². The molecule has 0 saturated carbocycles. The Bertz CT molecular complexity index is 1860. The fourth-order valence-corrected chi connectivity index (χ4v) is 5.80. The highest BCUT2D eigenvalue weighted by atomic mass is 16.7. The third-order valence-electron chi connectivity index (χ3n) is 8.70. The summed E-state index contributed by atoms with van der Waals surface area (Å²) in [6, 6.07) is 41.8. The largest absolute Gasteiger partial charge is 0.494 e. The number of fused-ring (bicyclic) bond motifs is 3. The summed E-state index contributed by atoms with van der Waals surface area (Å²) in [5.74, 6) is 0. The van der Waals surface area contributed by atoms with Gasteiger partial charge in [0.05, 0.1) is 11.2 Å². The van der Waals surface area contributed by atoms with Crippen molar-refractivity contribution in [3.05, 3.63) is 115 Å². The van der Waals surface area contributed by atoms with Gasteiger partial charge in [0.15, 0.2) is 0 Å². The van der Waals surface area contributed by atoms with Gasteiger partial charge in [-0.1, -0.05) is 109 Å². The zero-order chi connectivity index (χ0) is 26.8. The van der Waals surface area contributed by atoms with Gasteiger partial charge >= 0.3 is 7.12 Å². The van der Waals surface area contributed by atoms with Crippen molar-refractivity contribution in [1.82, 2.24) is 0 Å². The monoisotopic (exact) mass is 506 g/mol. The van der Waals surface area contributed by atoms with Crippen molar-refractivity contribution in [2.45, 2.75) is 38.9 Å². The van der Waals surface area contributed by atoms with Gasteiger partial charge in [-0.3, -0.25) is 0 Å². The predicted molar refractivity (Wildman–Crippen MR) is 166 cm³/mol. The van der Waals surface area contributed by atoms with Crippen LogP contribution in [-0.4, -0.2) is 18.3 Å². The minimum atomic E-state index is -0.357. The van der Waals surface area contributed by atoms with Crippen LogP contribution in [0.1, 0.15) is 27.7 Å². The minimum Gasteiger partial charge on any atom is -0.399 e. The van der Waals surface area contributed by atoms with Gasteiger partial charge < -0.3 is 9.31 Å². The van der Waals surface area contributed by atoms with Crippen molar-refractivity contribution in [2.24, 2.45) is 0 Å². The highest BCUT2D eigenvalue weighted by molar-refractivity contribution is 6.62. The SMILES string of the molecule is CC1(C)OB(c2ccc3cc(-c4ccc(-c5cccc6ccccc56)c5ccccc45)ccc3c2)OC1(C)C. The van der Waals surface area contributed by atoms with Crippen molar-refractivity contribution < 1.29 is 9.31 Å². The number of benzene rings is 6. The van der Waals surface area contributed by atoms with Crippen LogP contribution in [0.4, 0.5) is 0 Å². The Labute approximate surface area is 230 Å². The van der Waals surface area contributed by atoms with Crippen LogP contribution < -0.4 is 5.46 Å². The molecule has 0 N–H and O–H groups in total. The fourth-order valence-electron chi connectivity index (χ4n) is 5.80. The molecule has 7 rings (SSSR count). The quantitative estimate of drug-likeness (QED) is 0.223. The smallest absolute Gasteiger partial charge is 0.399 e. The van der Waals surface area contributed by atoms with Gasteiger partial charge in [0, 0.05) is 0 Å². The van der Waals surface area contributed by atoms with Crippen LogP contribution in [0.3, 0.4) is 0 Å². The summed E-state index contributed by atoms with van der Waals surface area (Å²) < 4.78 is 12.6. The van der Waals surface area contributed by atoms with E-state index in [2.05, 4.69) is 143 Å². The van der Waals surface area contributed by atoms with Gasteiger partial charge in [0.25, 0.3) is 0 Å². The van der Waals surface area contributed by atoms with E-state index < -0.39 is 0 Å². The van der Waals surface area contributed by atoms with Gasteiger partial charge in [-0.25, -0.2) is 0 Å². The average Bonchev–Trinajstić information content (AvgIpc) is 3.18. The lowest BCUT2D eigenvalue weighted by molar-refractivity contribution is 0.00578.